The average molecular weight is 804 g/mol. The summed E-state index contributed by atoms with van der Waals surface area (Å²) in [5.74, 6) is 1.44. The minimum absolute atomic E-state index is 0.0873. The summed E-state index contributed by atoms with van der Waals surface area (Å²) in [4.78, 5) is 39.3. The highest BCUT2D eigenvalue weighted by molar-refractivity contribution is 14.1. The Hall–Kier alpha value is -3.01. The molecule has 3 aromatic rings. The minimum Gasteiger partial charge on any atom is -0.497 e. The quantitative estimate of drug-likeness (QED) is 0.133. The van der Waals surface area contributed by atoms with Gasteiger partial charge in [0.1, 0.15) is 57.4 Å². The predicted molar refractivity (Wildman–Crippen MR) is 198 cm³/mol. The van der Waals surface area contributed by atoms with E-state index in [1.807, 2.05) is 54.2 Å². The lowest BCUT2D eigenvalue weighted by Crippen LogP contribution is -2.56. The number of carbonyl (C=O) groups is 2. The predicted octanol–water partition coefficient (Wildman–Crippen LogP) is 7.15. The molecule has 13 heteroatoms. The molecule has 11 nitrogen and oxygen atoms in total. The number of halogens is 1. The maximum atomic E-state index is 14.3. The number of nitrogens with one attached hydrogen (secondary N) is 2. The molecule has 6 rings (SSSR count). The summed E-state index contributed by atoms with van der Waals surface area (Å²) in [5, 5.41) is 10.1. The maximum absolute atomic E-state index is 14.3. The first-order valence-electron chi connectivity index (χ1n) is 17.2. The molecular weight excluding hydrogens is 757 g/mol. The molecule has 2 fully saturated rings. The number of benzene rings is 1. The van der Waals surface area contributed by atoms with Gasteiger partial charge in [-0.05, 0) is 57.6 Å². The van der Waals surface area contributed by atoms with Gasteiger partial charge >= 0.3 is 6.03 Å². The van der Waals surface area contributed by atoms with Gasteiger partial charge in [0.05, 0.1) is 30.4 Å². The summed E-state index contributed by atoms with van der Waals surface area (Å²) in [6.07, 6.45) is 6.10. The number of ether oxygens (including phenoxy) is 3. The fourth-order valence-electron chi connectivity index (χ4n) is 6.95. The number of nitrogens with zero attached hydrogens (tertiary/aromatic N) is 3. The number of thiazole rings is 1. The first-order chi connectivity index (χ1) is 23.7. The van der Waals surface area contributed by atoms with E-state index in [4.69, 9.17) is 27.2 Å². The molecule has 3 amide bonds. The van der Waals surface area contributed by atoms with Gasteiger partial charge in [-0.1, -0.05) is 31.9 Å². The van der Waals surface area contributed by atoms with Crippen LogP contribution in [0.5, 0.6) is 11.5 Å². The summed E-state index contributed by atoms with van der Waals surface area (Å²) in [5.41, 5.74) is 2.93. The van der Waals surface area contributed by atoms with Crippen molar-refractivity contribution in [2.24, 2.45) is 5.92 Å². The monoisotopic (exact) mass is 803 g/mol. The molecule has 1 aliphatic carbocycles. The number of urea groups is 1. The van der Waals surface area contributed by atoms with E-state index >= 15 is 0 Å². The third kappa shape index (κ3) is 7.69. The lowest BCUT2D eigenvalue weighted by Gasteiger charge is -2.30. The Morgan fingerprint density at radius 3 is 2.73 bits per heavy atom. The smallest absolute Gasteiger partial charge is 0.318 e. The zero-order chi connectivity index (χ0) is 34.7. The highest BCUT2D eigenvalue weighted by atomic mass is 127. The van der Waals surface area contributed by atoms with Crippen molar-refractivity contribution < 1.29 is 26.9 Å². The normalized spacial score (nSPS) is 26.5. The van der Waals surface area contributed by atoms with Gasteiger partial charge in [-0.3, -0.25) is 7.86 Å². The topological polar surface area (TPSA) is 124 Å². The Morgan fingerprint density at radius 1 is 1.16 bits per heavy atom. The largest absolute Gasteiger partial charge is 0.497 e. The third-order valence-corrected chi connectivity index (χ3v) is 11.1. The second kappa shape index (κ2) is 15.5. The summed E-state index contributed by atoms with van der Waals surface area (Å²) in [7, 11) is 1.63. The Bertz CT molecular complexity index is 1700. The first kappa shape index (κ1) is 35.8. The van der Waals surface area contributed by atoms with Gasteiger partial charge in [-0.2, -0.15) is 0 Å². The second-order valence-corrected chi connectivity index (χ2v) is 14.8. The maximum Gasteiger partial charge on any atom is 0.318 e. The fraction of sp³-hybridized carbons (Fsp3) is 0.556. The van der Waals surface area contributed by atoms with Crippen LogP contribution in [0.2, 0.25) is 0 Å². The van der Waals surface area contributed by atoms with Gasteiger partial charge in [-0.25, -0.2) is 14.8 Å². The van der Waals surface area contributed by atoms with Crippen molar-refractivity contribution in [3.63, 3.8) is 0 Å². The van der Waals surface area contributed by atoms with Gasteiger partial charge in [0.15, 0.2) is 6.29 Å². The van der Waals surface area contributed by atoms with Crippen molar-refractivity contribution in [2.75, 3.05) is 26.8 Å². The van der Waals surface area contributed by atoms with Crippen LogP contribution < -0.4 is 20.1 Å². The third-order valence-electron chi connectivity index (χ3n) is 9.78. The second-order valence-electron chi connectivity index (χ2n) is 13.5. The lowest BCUT2D eigenvalue weighted by molar-refractivity contribution is -0.132. The van der Waals surface area contributed by atoms with E-state index in [0.717, 1.165) is 41.8 Å². The van der Waals surface area contributed by atoms with Crippen LogP contribution in [0.25, 0.3) is 21.6 Å². The van der Waals surface area contributed by atoms with E-state index in [-0.39, 0.29) is 24.4 Å². The number of hydrogen-bond donors (Lipinski definition) is 2. The van der Waals surface area contributed by atoms with E-state index in [9.17, 15) is 9.59 Å². The van der Waals surface area contributed by atoms with Crippen molar-refractivity contribution in [1.29, 1.82) is 0 Å². The van der Waals surface area contributed by atoms with Crippen LogP contribution >= 0.6 is 34.3 Å². The minimum atomic E-state index is -0.741. The van der Waals surface area contributed by atoms with Crippen LogP contribution in [-0.2, 0) is 12.6 Å². The van der Waals surface area contributed by atoms with E-state index < -0.39 is 24.0 Å². The standard InChI is InChI=1S/C36H46IN5O6S/c1-6-46-34(48-37)36-18-26(36)22(4)11-9-7-8-10-14-38-35(44)42-19-24(16-30(42)32(43)41-36)47-31-17-28(33-40-29(20-49-33)21(2)3)39-27-15-23(45-5)12-13-25(27)31/h11-13,15,17,20-21,24,26,30,34H,6-10,14,16,18-19H2,1-5H3,(H,38,44)(H,41,43)/b22-11-/t24-,26+,30+,34?,36-/m1/s1. The zero-order valence-electron chi connectivity index (χ0n) is 28.8. The highest BCUT2D eigenvalue weighted by Gasteiger charge is 2.63. The van der Waals surface area contributed by atoms with E-state index in [1.54, 1.807) is 23.3 Å². The molecule has 2 aliphatic heterocycles. The number of hydrogen-bond acceptors (Lipinski definition) is 9. The molecule has 0 spiro atoms. The zero-order valence-corrected chi connectivity index (χ0v) is 31.8. The SMILES string of the molecule is CCOC(OI)[C@@]12C[C@H]1/C(C)=C\CCCCCNC(=O)N1C[C@H](Oc3cc(-c4nc(C(C)C)cs4)nc4cc(OC)ccc34)C[C@H]1C(=O)N2. The van der Waals surface area contributed by atoms with Crippen molar-refractivity contribution in [1.82, 2.24) is 25.5 Å². The average Bonchev–Trinajstić information content (AvgIpc) is 3.40. The molecule has 4 heterocycles. The lowest BCUT2D eigenvalue weighted by atomic mass is 10.0. The van der Waals surface area contributed by atoms with Crippen molar-refractivity contribution >= 4 is 57.2 Å². The number of fused-ring (bicyclic) bond motifs is 3. The van der Waals surface area contributed by atoms with Crippen molar-refractivity contribution in [3.05, 3.63) is 47.0 Å². The Kier molecular flexibility index (Phi) is 11.3. The Balaban J connectivity index is 1.32. The number of amides is 3. The van der Waals surface area contributed by atoms with E-state index in [0.29, 0.717) is 54.6 Å². The number of methoxy groups -OCH3 is 1. The summed E-state index contributed by atoms with van der Waals surface area (Å²) < 4.78 is 24.0. The van der Waals surface area contributed by atoms with E-state index in [1.165, 1.54) is 5.57 Å². The van der Waals surface area contributed by atoms with Crippen LogP contribution in [-0.4, -0.2) is 77.6 Å². The fourth-order valence-corrected chi connectivity index (χ4v) is 8.49. The number of allylic oxidation sites excluding steroid dienone is 1. The van der Waals surface area contributed by atoms with Crippen LogP contribution in [0, 0.1) is 5.92 Å². The Morgan fingerprint density at radius 2 is 2.00 bits per heavy atom. The molecule has 1 unspecified atom stereocenters. The van der Waals surface area contributed by atoms with Gasteiger partial charge in [-0.15, -0.1) is 11.3 Å². The molecular formula is C36H46IN5O6S. The van der Waals surface area contributed by atoms with Crippen LogP contribution in [0.4, 0.5) is 4.79 Å². The molecule has 1 saturated carbocycles. The molecule has 1 saturated heterocycles. The molecule has 49 heavy (non-hydrogen) atoms. The molecule has 1 aromatic carbocycles. The molecule has 2 N–H and O–H groups in total. The number of carbonyl (C=O) groups excluding carboxylic acids is 2. The van der Waals surface area contributed by atoms with Gasteiger partial charge in [0, 0.05) is 48.4 Å². The number of rotatable bonds is 9. The summed E-state index contributed by atoms with van der Waals surface area (Å²) >= 11 is 3.41. The summed E-state index contributed by atoms with van der Waals surface area (Å²) in [6, 6.07) is 6.60. The molecule has 2 aromatic heterocycles. The first-order valence-corrected chi connectivity index (χ1v) is 19.0. The van der Waals surface area contributed by atoms with Crippen LogP contribution in [0.1, 0.15) is 77.8 Å². The molecule has 0 bridgehead atoms. The van der Waals surface area contributed by atoms with Crippen molar-refractivity contribution in [3.8, 4) is 22.2 Å². The molecule has 5 atom stereocenters. The molecule has 264 valence electrons. The highest BCUT2D eigenvalue weighted by Crippen LogP contribution is 2.52. The van der Waals surface area contributed by atoms with Crippen LogP contribution in [0.3, 0.4) is 0 Å². The van der Waals surface area contributed by atoms with Gasteiger partial charge in [0.25, 0.3) is 0 Å². The van der Waals surface area contributed by atoms with Crippen molar-refractivity contribution in [2.45, 2.75) is 96.1 Å². The molecule has 3 aliphatic rings. The van der Waals surface area contributed by atoms with E-state index in [2.05, 4.69) is 42.9 Å². The Labute approximate surface area is 306 Å². The van der Waals surface area contributed by atoms with Gasteiger partial charge < -0.3 is 29.7 Å². The number of pyridine rings is 1. The number of aromatic nitrogens is 2. The van der Waals surface area contributed by atoms with Crippen LogP contribution in [0.15, 0.2) is 41.3 Å². The summed E-state index contributed by atoms with van der Waals surface area (Å²) in [6.45, 7) is 9.52. The molecule has 0 radical (unpaired) electrons. The van der Waals surface area contributed by atoms with Gasteiger partial charge in [0.2, 0.25) is 5.91 Å².